The molecule has 3 N–H and O–H groups in total. The number of benzene rings is 4. The molecule has 1 amide bonds. The molecular formula is C26H21N3O2. The highest BCUT2D eigenvalue weighted by Gasteiger charge is 2.14. The van der Waals surface area contributed by atoms with E-state index in [-0.39, 0.29) is 5.91 Å². The van der Waals surface area contributed by atoms with Crippen molar-refractivity contribution in [2.75, 3.05) is 5.32 Å². The Bertz CT molecular complexity index is 1190. The number of carbonyl (C=O) groups excluding carboxylic acids is 2. The third-order valence-electron chi connectivity index (χ3n) is 4.82. The highest BCUT2D eigenvalue weighted by Crippen LogP contribution is 2.19. The highest BCUT2D eigenvalue weighted by atomic mass is 16.2. The van der Waals surface area contributed by atoms with Crippen LogP contribution in [0.15, 0.2) is 109 Å². The first-order valence-corrected chi connectivity index (χ1v) is 9.83. The van der Waals surface area contributed by atoms with Crippen molar-refractivity contribution in [2.45, 2.75) is 0 Å². The van der Waals surface area contributed by atoms with E-state index in [4.69, 9.17) is 5.73 Å². The molecule has 0 saturated carbocycles. The number of aromatic nitrogens is 1. The number of primary amides is 1. The first-order chi connectivity index (χ1) is 15.1. The van der Waals surface area contributed by atoms with Gasteiger partial charge in [0.05, 0.1) is 0 Å². The van der Waals surface area contributed by atoms with Crippen LogP contribution in [-0.2, 0) is 0 Å². The summed E-state index contributed by atoms with van der Waals surface area (Å²) in [5, 5.41) is 3.30. The van der Waals surface area contributed by atoms with Gasteiger partial charge in [-0.15, -0.1) is 0 Å². The zero-order valence-electron chi connectivity index (χ0n) is 16.7. The molecule has 3 aromatic carbocycles. The van der Waals surface area contributed by atoms with Crippen LogP contribution in [0.2, 0.25) is 0 Å². The summed E-state index contributed by atoms with van der Waals surface area (Å²) in [5.41, 5.74) is 10.1. The maximum absolute atomic E-state index is 12.3. The summed E-state index contributed by atoms with van der Waals surface area (Å²) < 4.78 is 1.64. The Hall–Kier alpha value is -4.38. The number of carbonyl (C=O) groups is 2. The number of amides is 1. The molecule has 0 aliphatic heterocycles. The van der Waals surface area contributed by atoms with E-state index in [1.807, 2.05) is 84.9 Å². The van der Waals surface area contributed by atoms with Gasteiger partial charge in [0.15, 0.2) is 0 Å². The van der Waals surface area contributed by atoms with Crippen LogP contribution in [0.5, 0.6) is 0 Å². The van der Waals surface area contributed by atoms with E-state index in [0.717, 1.165) is 22.4 Å². The third-order valence-corrected chi connectivity index (χ3v) is 4.82. The zero-order valence-corrected chi connectivity index (χ0v) is 16.7. The van der Waals surface area contributed by atoms with Crippen LogP contribution in [0.25, 0.3) is 11.0 Å². The summed E-state index contributed by atoms with van der Waals surface area (Å²) in [6.45, 7) is 0. The highest BCUT2D eigenvalue weighted by molar-refractivity contribution is 6.03. The number of hydrogen-bond donors (Lipinski definition) is 2. The van der Waals surface area contributed by atoms with Crippen LogP contribution in [-0.4, -0.2) is 16.4 Å². The van der Waals surface area contributed by atoms with Gasteiger partial charge < -0.3 is 11.1 Å². The smallest absolute Gasteiger partial charge is 0.262 e. The topological polar surface area (TPSA) is 77.1 Å². The molecule has 2 aromatic heterocycles. The van der Waals surface area contributed by atoms with Crippen LogP contribution in [0.3, 0.4) is 0 Å². The lowest BCUT2D eigenvalue weighted by molar-refractivity contribution is 0.0965. The van der Waals surface area contributed by atoms with Gasteiger partial charge in [-0.2, -0.15) is 0 Å². The average molecular weight is 407 g/mol. The summed E-state index contributed by atoms with van der Waals surface area (Å²) in [6.07, 6.45) is 0. The lowest BCUT2D eigenvalue weighted by Crippen LogP contribution is -2.13. The number of anilines is 2. The monoisotopic (exact) mass is 407 g/mol. The molecule has 152 valence electrons. The number of nitrogens with zero attached hydrogens (tertiary/aromatic N) is 1. The quantitative estimate of drug-likeness (QED) is 0.425. The van der Waals surface area contributed by atoms with Crippen LogP contribution >= 0.6 is 0 Å². The van der Waals surface area contributed by atoms with Crippen LogP contribution < -0.4 is 11.1 Å². The first kappa shape index (κ1) is 19.9. The fourth-order valence-electron chi connectivity index (χ4n) is 3.25. The molecule has 0 unspecified atom stereocenters. The molecule has 5 nitrogen and oxygen atoms in total. The second-order valence-electron chi connectivity index (χ2n) is 6.96. The molecule has 0 atom stereocenters. The number of para-hydroxylation sites is 2. The van der Waals surface area contributed by atoms with E-state index in [1.54, 1.807) is 28.8 Å². The van der Waals surface area contributed by atoms with Gasteiger partial charge in [-0.25, -0.2) is 0 Å². The number of hydrogen-bond acceptors (Lipinski definition) is 3. The molecule has 0 fully saturated rings. The Morgan fingerprint density at radius 1 is 0.581 bits per heavy atom. The lowest BCUT2D eigenvalue weighted by atomic mass is 10.1. The van der Waals surface area contributed by atoms with Gasteiger partial charge in [0.25, 0.3) is 5.91 Å². The van der Waals surface area contributed by atoms with Gasteiger partial charge in [0.2, 0.25) is 5.91 Å². The Morgan fingerprint density at radius 3 is 1.42 bits per heavy atom. The Labute approximate surface area is 180 Å². The summed E-state index contributed by atoms with van der Waals surface area (Å²) in [5.74, 6) is -0.603. The van der Waals surface area contributed by atoms with Gasteiger partial charge in [0, 0.05) is 33.5 Å². The predicted octanol–water partition coefficient (Wildman–Crippen LogP) is 5.30. The minimum atomic E-state index is -0.498. The van der Waals surface area contributed by atoms with Crippen molar-refractivity contribution in [3.05, 3.63) is 120 Å². The molecule has 0 aliphatic rings. The zero-order chi connectivity index (χ0) is 21.6. The van der Waals surface area contributed by atoms with Gasteiger partial charge >= 0.3 is 0 Å². The minimum absolute atomic E-state index is 0.106. The fraction of sp³-hybridized carbons (Fsp3) is 0. The maximum Gasteiger partial charge on any atom is 0.262 e. The van der Waals surface area contributed by atoms with Crippen molar-refractivity contribution >= 4 is 34.2 Å². The summed E-state index contributed by atoms with van der Waals surface area (Å²) in [4.78, 5) is 23.2. The normalized spacial score (nSPS) is 10.3. The van der Waals surface area contributed by atoms with Crippen LogP contribution in [0, 0.1) is 0 Å². The van der Waals surface area contributed by atoms with E-state index < -0.39 is 5.91 Å². The van der Waals surface area contributed by atoms with Crippen LogP contribution in [0.4, 0.5) is 11.4 Å². The van der Waals surface area contributed by atoms with Crippen molar-refractivity contribution < 1.29 is 9.59 Å². The van der Waals surface area contributed by atoms with E-state index >= 15 is 0 Å². The second kappa shape index (κ2) is 8.97. The molecule has 5 heteroatoms. The van der Waals surface area contributed by atoms with E-state index in [0.29, 0.717) is 11.1 Å². The van der Waals surface area contributed by atoms with Gasteiger partial charge in [0.1, 0.15) is 0 Å². The van der Waals surface area contributed by atoms with Crippen molar-refractivity contribution in [1.29, 1.82) is 0 Å². The molecule has 0 radical (unpaired) electrons. The second-order valence-corrected chi connectivity index (χ2v) is 6.96. The molecule has 5 aromatic rings. The molecule has 0 spiro atoms. The maximum atomic E-state index is 12.3. The Kier molecular flexibility index (Phi) is 5.76. The van der Waals surface area contributed by atoms with Gasteiger partial charge in [-0.05, 0) is 72.8 Å². The molecule has 0 aliphatic carbocycles. The van der Waals surface area contributed by atoms with Crippen molar-refractivity contribution in [2.24, 2.45) is 5.73 Å². The summed E-state index contributed by atoms with van der Waals surface area (Å²) >= 11 is 0. The fourth-order valence-corrected chi connectivity index (χ4v) is 3.25. The van der Waals surface area contributed by atoms with Crippen LogP contribution in [0.1, 0.15) is 20.7 Å². The Balaban J connectivity index is 0.000000158. The average Bonchev–Trinajstić information content (AvgIpc) is 3.41. The molecule has 2 heterocycles. The molecule has 2 bridgehead atoms. The SMILES string of the molecule is NC(=O)c1ccc(C(=O)n2c3ccc2cc3)cc1.c1ccc(Nc2ccccc2)cc1. The number of fused-ring (bicyclic) bond motifs is 2. The molecule has 5 rings (SSSR count). The number of nitrogens with one attached hydrogen (secondary N) is 1. The standard InChI is InChI=1S/C14H10N2O2.C12H11N/c15-13(17)9-1-3-10(4-2-9)14(18)16-11-5-6-12(16)8-7-11;1-3-7-11(8-4-1)13-12-9-5-2-6-10-12/h1-8H,(H2,15,17);1-10,13H. The predicted molar refractivity (Wildman–Crippen MR) is 124 cm³/mol. The van der Waals surface area contributed by atoms with Gasteiger partial charge in [-0.3, -0.25) is 14.2 Å². The summed E-state index contributed by atoms with van der Waals surface area (Å²) in [7, 11) is 0. The van der Waals surface area contributed by atoms with E-state index in [9.17, 15) is 9.59 Å². The van der Waals surface area contributed by atoms with E-state index in [1.165, 1.54) is 0 Å². The number of nitrogens with two attached hydrogens (primary N) is 1. The number of rotatable bonds is 4. The molecule has 31 heavy (non-hydrogen) atoms. The lowest BCUT2D eigenvalue weighted by Gasteiger charge is -2.04. The Morgan fingerprint density at radius 2 is 1.00 bits per heavy atom. The van der Waals surface area contributed by atoms with Gasteiger partial charge in [-0.1, -0.05) is 36.4 Å². The molecular weight excluding hydrogens is 386 g/mol. The van der Waals surface area contributed by atoms with E-state index in [2.05, 4.69) is 5.32 Å². The van der Waals surface area contributed by atoms with Crippen molar-refractivity contribution in [3.63, 3.8) is 0 Å². The minimum Gasteiger partial charge on any atom is -0.366 e. The molecule has 0 saturated heterocycles. The summed E-state index contributed by atoms with van der Waals surface area (Å²) in [6, 6.07) is 34.2. The first-order valence-electron chi connectivity index (χ1n) is 9.83. The third kappa shape index (κ3) is 4.62. The van der Waals surface area contributed by atoms with Crippen molar-refractivity contribution in [3.8, 4) is 0 Å². The largest absolute Gasteiger partial charge is 0.366 e. The van der Waals surface area contributed by atoms with Crippen molar-refractivity contribution in [1.82, 2.24) is 4.57 Å².